The number of urea groups is 1. The number of likely N-dealkylation sites (N-methyl/N-ethyl adjacent to an activating group) is 1. The molecule has 222 valence electrons. The van der Waals surface area contributed by atoms with Crippen molar-refractivity contribution in [3.63, 3.8) is 0 Å². The minimum absolute atomic E-state index is 0. The molecule has 10 nitrogen and oxygen atoms in total. The van der Waals surface area contributed by atoms with Crippen LogP contribution < -0.4 is 16.0 Å². The molecule has 42 heavy (non-hydrogen) atoms. The van der Waals surface area contributed by atoms with Gasteiger partial charge in [-0.1, -0.05) is 63.2 Å². The van der Waals surface area contributed by atoms with Crippen LogP contribution in [0.1, 0.15) is 50.7 Å². The molecule has 3 heterocycles. The fourth-order valence-corrected chi connectivity index (χ4v) is 5.49. The molecule has 0 unspecified atom stereocenters. The molecule has 0 aliphatic carbocycles. The van der Waals surface area contributed by atoms with E-state index in [1.165, 1.54) is 0 Å². The predicted molar refractivity (Wildman–Crippen MR) is 171 cm³/mol. The van der Waals surface area contributed by atoms with Crippen molar-refractivity contribution in [2.45, 2.75) is 40.0 Å². The van der Waals surface area contributed by atoms with Crippen LogP contribution in [0.5, 0.6) is 0 Å². The van der Waals surface area contributed by atoms with Gasteiger partial charge in [-0.05, 0) is 43.4 Å². The number of halogens is 1. The zero-order chi connectivity index (χ0) is 29.1. The van der Waals surface area contributed by atoms with Crippen LogP contribution in [0, 0.1) is 0 Å². The monoisotopic (exact) mass is 609 g/mol. The summed E-state index contributed by atoms with van der Waals surface area (Å²) in [4.78, 5) is 33.0. The van der Waals surface area contributed by atoms with Gasteiger partial charge in [-0.15, -0.1) is 12.4 Å². The maximum absolute atomic E-state index is 12.7. The number of rotatable bonds is 9. The number of nitrogens with zero attached hydrogens (tertiary/aromatic N) is 4. The molecule has 0 atom stereocenters. The van der Waals surface area contributed by atoms with E-state index in [1.54, 1.807) is 17.4 Å². The second-order valence-electron chi connectivity index (χ2n) is 10.8. The smallest absolute Gasteiger partial charge is 0.324 e. The molecule has 12 heteroatoms. The van der Waals surface area contributed by atoms with Crippen molar-refractivity contribution in [3.8, 4) is 11.3 Å². The summed E-state index contributed by atoms with van der Waals surface area (Å²) in [6.45, 7) is 13.7. The van der Waals surface area contributed by atoms with Gasteiger partial charge < -0.3 is 20.1 Å². The first-order valence-corrected chi connectivity index (χ1v) is 14.5. The lowest BCUT2D eigenvalue weighted by atomic mass is 9.93. The Bertz CT molecular complexity index is 1680. The number of fused-ring (bicyclic) bond motifs is 3. The van der Waals surface area contributed by atoms with E-state index in [-0.39, 0.29) is 23.7 Å². The number of amides is 3. The highest BCUT2D eigenvalue weighted by Gasteiger charge is 2.20. The van der Waals surface area contributed by atoms with Crippen molar-refractivity contribution >= 4 is 62.4 Å². The number of hydrogen-bond acceptors (Lipinski definition) is 7. The summed E-state index contributed by atoms with van der Waals surface area (Å²) >= 11 is 1.55. The van der Waals surface area contributed by atoms with Crippen molar-refractivity contribution in [2.24, 2.45) is 0 Å². The fourth-order valence-electron chi connectivity index (χ4n) is 4.44. The summed E-state index contributed by atoms with van der Waals surface area (Å²) in [6, 6.07) is 14.6. The normalized spacial score (nSPS) is 11.6. The quantitative estimate of drug-likeness (QED) is 0.172. The van der Waals surface area contributed by atoms with Crippen LogP contribution in [0.4, 0.5) is 16.3 Å². The third kappa shape index (κ3) is 6.92. The first-order valence-electron chi connectivity index (χ1n) is 13.7. The zero-order valence-electron chi connectivity index (χ0n) is 24.4. The highest BCUT2D eigenvalue weighted by Crippen LogP contribution is 2.31. The number of carbonyl (C=O) groups excluding carboxylic acids is 2. The molecule has 2 aromatic carbocycles. The Balaban J connectivity index is 0.00000405. The standard InChI is InChI=1S/C30H35N7O3S.ClH/c1-6-36(7-2)15-14-31-27(38)20-10-13-23-24(16-20)41-29-33-22(18-37(23)29)19-8-11-21(12-9-19)32-28(39)34-26-17-25(40-35-26)30(3,4)5;/h8-13,16-18H,6-7,14-15H2,1-5H3,(H,31,38)(H2,32,34,35,39);1H. The minimum Gasteiger partial charge on any atom is -0.359 e. The molecular formula is C30H36ClN7O3S. The number of carbonyl (C=O) groups is 2. The van der Waals surface area contributed by atoms with Crippen molar-refractivity contribution < 1.29 is 14.1 Å². The van der Waals surface area contributed by atoms with Crippen molar-refractivity contribution in [1.82, 2.24) is 24.8 Å². The molecule has 0 saturated carbocycles. The first kappa shape index (κ1) is 31.0. The molecule has 0 radical (unpaired) electrons. The van der Waals surface area contributed by atoms with Gasteiger partial charge in [0.2, 0.25) is 0 Å². The Morgan fingerprint density at radius 2 is 1.76 bits per heavy atom. The Labute approximate surface area is 254 Å². The molecule has 3 N–H and O–H groups in total. The second kappa shape index (κ2) is 12.9. The van der Waals surface area contributed by atoms with E-state index in [4.69, 9.17) is 9.51 Å². The van der Waals surface area contributed by atoms with Gasteiger partial charge in [-0.3, -0.25) is 14.5 Å². The van der Waals surface area contributed by atoms with Crippen LogP contribution in [0.25, 0.3) is 26.4 Å². The first-order chi connectivity index (χ1) is 19.6. The van der Waals surface area contributed by atoms with E-state index in [0.717, 1.165) is 46.1 Å². The third-order valence-electron chi connectivity index (χ3n) is 6.89. The zero-order valence-corrected chi connectivity index (χ0v) is 26.0. The van der Waals surface area contributed by atoms with Crippen LogP contribution in [0.2, 0.25) is 0 Å². The minimum atomic E-state index is -0.405. The van der Waals surface area contributed by atoms with Crippen LogP contribution in [-0.2, 0) is 5.41 Å². The summed E-state index contributed by atoms with van der Waals surface area (Å²) in [7, 11) is 0. The van der Waals surface area contributed by atoms with E-state index < -0.39 is 6.03 Å². The fraction of sp³-hybridized carbons (Fsp3) is 0.333. The highest BCUT2D eigenvalue weighted by atomic mass is 35.5. The maximum atomic E-state index is 12.7. The summed E-state index contributed by atoms with van der Waals surface area (Å²) in [5.74, 6) is 0.985. The lowest BCUT2D eigenvalue weighted by molar-refractivity contribution is 0.0949. The van der Waals surface area contributed by atoms with Crippen LogP contribution in [-0.4, -0.2) is 57.6 Å². The number of thiazole rings is 1. The third-order valence-corrected chi connectivity index (χ3v) is 7.91. The molecule has 5 aromatic rings. The number of aromatic nitrogens is 3. The van der Waals surface area contributed by atoms with Gasteiger partial charge in [-0.2, -0.15) is 0 Å². The Kier molecular flexibility index (Phi) is 9.55. The van der Waals surface area contributed by atoms with E-state index in [0.29, 0.717) is 29.4 Å². The van der Waals surface area contributed by atoms with E-state index >= 15 is 0 Å². The van der Waals surface area contributed by atoms with Gasteiger partial charge in [0.05, 0.1) is 15.9 Å². The number of nitrogens with one attached hydrogen (secondary N) is 3. The number of hydrogen-bond donors (Lipinski definition) is 3. The molecule has 3 aromatic heterocycles. The molecule has 0 aliphatic heterocycles. The van der Waals surface area contributed by atoms with Crippen molar-refractivity contribution in [1.29, 1.82) is 0 Å². The molecular weight excluding hydrogens is 574 g/mol. The number of imidazole rings is 1. The molecule has 0 spiro atoms. The second-order valence-corrected chi connectivity index (χ2v) is 11.8. The van der Waals surface area contributed by atoms with Crippen molar-refractivity contribution in [2.75, 3.05) is 36.8 Å². The molecule has 0 aliphatic rings. The molecule has 0 fully saturated rings. The van der Waals surface area contributed by atoms with Gasteiger partial charge in [0.15, 0.2) is 10.8 Å². The lowest BCUT2D eigenvalue weighted by Gasteiger charge is -2.17. The van der Waals surface area contributed by atoms with Crippen LogP contribution in [0.3, 0.4) is 0 Å². The summed E-state index contributed by atoms with van der Waals surface area (Å²) in [6.07, 6.45) is 1.99. The summed E-state index contributed by atoms with van der Waals surface area (Å²) in [5, 5.41) is 12.4. The maximum Gasteiger partial charge on any atom is 0.324 e. The van der Waals surface area contributed by atoms with Gasteiger partial charge in [0.25, 0.3) is 5.91 Å². The van der Waals surface area contributed by atoms with Gasteiger partial charge in [0, 0.05) is 47.6 Å². The largest absolute Gasteiger partial charge is 0.359 e. The molecule has 0 saturated heterocycles. The van der Waals surface area contributed by atoms with Gasteiger partial charge >= 0.3 is 6.03 Å². The highest BCUT2D eigenvalue weighted by molar-refractivity contribution is 7.23. The number of benzene rings is 2. The van der Waals surface area contributed by atoms with E-state index in [9.17, 15) is 9.59 Å². The lowest BCUT2D eigenvalue weighted by Crippen LogP contribution is -2.34. The average molecular weight is 610 g/mol. The SMILES string of the molecule is CCN(CC)CCNC(=O)c1ccc2c(c1)sc1nc(-c3ccc(NC(=O)Nc4cc(C(C)(C)C)on4)cc3)cn12.Cl. The van der Waals surface area contributed by atoms with E-state index in [2.05, 4.69) is 39.9 Å². The van der Waals surface area contributed by atoms with E-state index in [1.807, 2.05) is 73.8 Å². The predicted octanol–water partition coefficient (Wildman–Crippen LogP) is 6.64. The van der Waals surface area contributed by atoms with Gasteiger partial charge in [-0.25, -0.2) is 9.78 Å². The molecule has 0 bridgehead atoms. The number of anilines is 2. The summed E-state index contributed by atoms with van der Waals surface area (Å²) < 4.78 is 8.36. The molecule has 5 rings (SSSR count). The Morgan fingerprint density at radius 1 is 1.02 bits per heavy atom. The van der Waals surface area contributed by atoms with Crippen LogP contribution >= 0.6 is 23.7 Å². The molecule has 3 amide bonds. The Hall–Kier alpha value is -3.93. The van der Waals surface area contributed by atoms with Gasteiger partial charge in [0.1, 0.15) is 5.76 Å². The Morgan fingerprint density at radius 3 is 2.43 bits per heavy atom. The van der Waals surface area contributed by atoms with Crippen LogP contribution in [0.15, 0.2) is 59.3 Å². The topological polar surface area (TPSA) is 117 Å². The average Bonchev–Trinajstić information content (AvgIpc) is 3.66. The summed E-state index contributed by atoms with van der Waals surface area (Å²) in [5.41, 5.74) is 3.84. The van der Waals surface area contributed by atoms with Crippen molar-refractivity contribution in [3.05, 3.63) is 66.1 Å².